The molecule has 2 aromatic rings. The van der Waals surface area contributed by atoms with E-state index in [0.717, 1.165) is 23.7 Å². The fourth-order valence-corrected chi connectivity index (χ4v) is 4.87. The third-order valence-corrected chi connectivity index (χ3v) is 6.24. The van der Waals surface area contributed by atoms with Crippen molar-refractivity contribution in [2.75, 3.05) is 13.3 Å². The van der Waals surface area contributed by atoms with Crippen molar-refractivity contribution in [2.24, 2.45) is 0 Å². The second kappa shape index (κ2) is 5.43. The van der Waals surface area contributed by atoms with E-state index in [9.17, 15) is 13.2 Å². The van der Waals surface area contributed by atoms with E-state index < -0.39 is 15.1 Å². The predicted octanol–water partition coefficient (Wildman–Crippen LogP) is 2.21. The van der Waals surface area contributed by atoms with E-state index in [1.807, 2.05) is 24.4 Å². The normalized spacial score (nSPS) is 22.1. The topological polar surface area (TPSA) is 70.2 Å². The minimum atomic E-state index is -3.14. The number of H-pyrrole nitrogens is 1. The molecular weight excluding hydrogens is 300 g/mol. The number of carbonyl (C=O) groups is 1. The van der Waals surface area contributed by atoms with Gasteiger partial charge in [0.2, 0.25) is 0 Å². The Morgan fingerprint density at radius 3 is 2.77 bits per heavy atom. The van der Waals surface area contributed by atoms with Gasteiger partial charge in [-0.25, -0.2) is 8.42 Å². The number of fused-ring (bicyclic) bond motifs is 1. The van der Waals surface area contributed by atoms with Gasteiger partial charge >= 0.3 is 0 Å². The van der Waals surface area contributed by atoms with Gasteiger partial charge in [0.05, 0.1) is 5.25 Å². The Hall–Kier alpha value is -1.82. The molecule has 1 saturated carbocycles. The van der Waals surface area contributed by atoms with Crippen LogP contribution in [0.15, 0.2) is 30.5 Å². The molecule has 0 saturated heterocycles. The van der Waals surface area contributed by atoms with Crippen molar-refractivity contribution in [2.45, 2.75) is 30.6 Å². The molecule has 5 nitrogen and oxygen atoms in total. The lowest BCUT2D eigenvalue weighted by Gasteiger charge is -2.29. The van der Waals surface area contributed by atoms with Crippen molar-refractivity contribution in [1.82, 2.24) is 9.88 Å². The van der Waals surface area contributed by atoms with Crippen molar-refractivity contribution in [3.63, 3.8) is 0 Å². The first kappa shape index (κ1) is 15.1. The van der Waals surface area contributed by atoms with Crippen LogP contribution in [0.5, 0.6) is 0 Å². The molecule has 3 rings (SSSR count). The molecule has 22 heavy (non-hydrogen) atoms. The lowest BCUT2D eigenvalue weighted by Crippen LogP contribution is -2.44. The van der Waals surface area contributed by atoms with Gasteiger partial charge in [0, 0.05) is 42.0 Å². The molecule has 118 valence electrons. The molecule has 1 N–H and O–H groups in total. The second-order valence-corrected chi connectivity index (χ2v) is 8.33. The summed E-state index contributed by atoms with van der Waals surface area (Å²) in [7, 11) is -1.43. The van der Waals surface area contributed by atoms with Crippen LogP contribution in [0.3, 0.4) is 0 Å². The van der Waals surface area contributed by atoms with Gasteiger partial charge in [-0.3, -0.25) is 4.79 Å². The Morgan fingerprint density at radius 1 is 1.27 bits per heavy atom. The van der Waals surface area contributed by atoms with Gasteiger partial charge in [-0.1, -0.05) is 0 Å². The number of nitrogens with zero attached hydrogens (tertiary/aromatic N) is 1. The van der Waals surface area contributed by atoms with Crippen molar-refractivity contribution < 1.29 is 13.2 Å². The van der Waals surface area contributed by atoms with Crippen LogP contribution in [0.4, 0.5) is 0 Å². The summed E-state index contributed by atoms with van der Waals surface area (Å²) >= 11 is 0. The molecule has 0 radical (unpaired) electrons. The Balaban J connectivity index is 1.87. The summed E-state index contributed by atoms with van der Waals surface area (Å²) in [5, 5.41) is 0.530. The molecule has 2 unspecified atom stereocenters. The maximum atomic E-state index is 12.7. The molecule has 1 aliphatic carbocycles. The number of rotatable bonds is 3. The van der Waals surface area contributed by atoms with E-state index in [1.54, 1.807) is 18.0 Å². The van der Waals surface area contributed by atoms with Gasteiger partial charge in [0.25, 0.3) is 5.91 Å². The molecule has 0 spiro atoms. The zero-order chi connectivity index (χ0) is 15.9. The number of hydrogen-bond donors (Lipinski definition) is 1. The average molecular weight is 320 g/mol. The number of benzene rings is 1. The molecule has 0 aliphatic heterocycles. The molecule has 6 heteroatoms. The molecule has 2 atom stereocenters. The SMILES string of the molecule is CN(C(=O)c1ccc2[nH]ccc2c1)C1CCCC1S(C)(=O)=O. The monoisotopic (exact) mass is 320 g/mol. The first-order chi connectivity index (χ1) is 10.4. The highest BCUT2D eigenvalue weighted by atomic mass is 32.2. The lowest BCUT2D eigenvalue weighted by molar-refractivity contribution is 0.0737. The van der Waals surface area contributed by atoms with E-state index in [1.165, 1.54) is 6.26 Å². The number of carbonyl (C=O) groups excluding carboxylic acids is 1. The minimum Gasteiger partial charge on any atom is -0.361 e. The molecule has 0 bridgehead atoms. The van der Waals surface area contributed by atoms with Crippen molar-refractivity contribution in [1.29, 1.82) is 0 Å². The number of nitrogens with one attached hydrogen (secondary N) is 1. The van der Waals surface area contributed by atoms with Gasteiger partial charge in [-0.2, -0.15) is 0 Å². The lowest BCUT2D eigenvalue weighted by atomic mass is 10.1. The molecule has 1 aromatic carbocycles. The summed E-state index contributed by atoms with van der Waals surface area (Å²) in [5.74, 6) is -0.122. The summed E-state index contributed by atoms with van der Waals surface area (Å²) < 4.78 is 23.8. The van der Waals surface area contributed by atoms with Gasteiger partial charge in [0.15, 0.2) is 9.84 Å². The van der Waals surface area contributed by atoms with Crippen LogP contribution >= 0.6 is 0 Å². The van der Waals surface area contributed by atoms with E-state index in [4.69, 9.17) is 0 Å². The zero-order valence-electron chi connectivity index (χ0n) is 12.7. The molecule has 1 heterocycles. The van der Waals surface area contributed by atoms with Crippen LogP contribution in [0.25, 0.3) is 10.9 Å². The average Bonchev–Trinajstić information content (AvgIpc) is 3.12. The highest BCUT2D eigenvalue weighted by Gasteiger charge is 2.38. The summed E-state index contributed by atoms with van der Waals surface area (Å²) in [5.41, 5.74) is 1.57. The maximum Gasteiger partial charge on any atom is 0.253 e. The maximum absolute atomic E-state index is 12.7. The standard InChI is InChI=1S/C16H20N2O3S/c1-18(14-4-3-5-15(14)22(2,20)21)16(19)12-6-7-13-11(10-12)8-9-17-13/h6-10,14-15,17H,3-5H2,1-2H3. The zero-order valence-corrected chi connectivity index (χ0v) is 13.6. The van der Waals surface area contributed by atoms with Crippen molar-refractivity contribution in [3.8, 4) is 0 Å². The summed E-state index contributed by atoms with van der Waals surface area (Å²) in [6, 6.07) is 7.18. The van der Waals surface area contributed by atoms with Crippen LogP contribution in [0.1, 0.15) is 29.6 Å². The highest BCUT2D eigenvalue weighted by molar-refractivity contribution is 7.91. The number of aromatic nitrogens is 1. The van der Waals surface area contributed by atoms with E-state index in [2.05, 4.69) is 4.98 Å². The first-order valence-corrected chi connectivity index (χ1v) is 9.36. The number of aromatic amines is 1. The van der Waals surface area contributed by atoms with Crippen molar-refractivity contribution in [3.05, 3.63) is 36.0 Å². The fourth-order valence-electron chi connectivity index (χ4n) is 3.39. The van der Waals surface area contributed by atoms with Crippen molar-refractivity contribution >= 4 is 26.6 Å². The van der Waals surface area contributed by atoms with E-state index >= 15 is 0 Å². The molecule has 1 aliphatic rings. The Morgan fingerprint density at radius 2 is 2.05 bits per heavy atom. The largest absolute Gasteiger partial charge is 0.361 e. The second-order valence-electron chi connectivity index (χ2n) is 6.06. The Bertz CT molecular complexity index is 810. The molecule has 1 fully saturated rings. The summed E-state index contributed by atoms with van der Waals surface area (Å²) in [4.78, 5) is 17.4. The smallest absolute Gasteiger partial charge is 0.253 e. The highest BCUT2D eigenvalue weighted by Crippen LogP contribution is 2.29. The Labute approximate surface area is 130 Å². The van der Waals surface area contributed by atoms with Gasteiger partial charge in [0.1, 0.15) is 0 Å². The number of amides is 1. The number of sulfone groups is 1. The van der Waals surface area contributed by atoms with Crippen LogP contribution < -0.4 is 0 Å². The third-order valence-electron chi connectivity index (χ3n) is 4.59. The minimum absolute atomic E-state index is 0.122. The molecular formula is C16H20N2O3S. The van der Waals surface area contributed by atoms with Crippen LogP contribution in [-0.2, 0) is 9.84 Å². The fraction of sp³-hybridized carbons (Fsp3) is 0.438. The van der Waals surface area contributed by atoms with E-state index in [0.29, 0.717) is 12.0 Å². The van der Waals surface area contributed by atoms with Crippen LogP contribution in [0.2, 0.25) is 0 Å². The van der Waals surface area contributed by atoms with E-state index in [-0.39, 0.29) is 11.9 Å². The van der Waals surface area contributed by atoms with Crippen LogP contribution in [0, 0.1) is 0 Å². The Kier molecular flexibility index (Phi) is 3.72. The third kappa shape index (κ3) is 2.63. The molecule has 1 amide bonds. The molecule has 1 aromatic heterocycles. The van der Waals surface area contributed by atoms with Gasteiger partial charge in [-0.15, -0.1) is 0 Å². The first-order valence-electron chi connectivity index (χ1n) is 7.41. The summed E-state index contributed by atoms with van der Waals surface area (Å²) in [6.45, 7) is 0. The quantitative estimate of drug-likeness (QED) is 0.942. The number of hydrogen-bond acceptors (Lipinski definition) is 3. The van der Waals surface area contributed by atoms with Gasteiger partial charge in [-0.05, 0) is 43.5 Å². The van der Waals surface area contributed by atoms with Gasteiger partial charge < -0.3 is 9.88 Å². The summed E-state index contributed by atoms with van der Waals surface area (Å²) in [6.07, 6.45) is 5.32. The van der Waals surface area contributed by atoms with Crippen LogP contribution in [-0.4, -0.2) is 48.8 Å². The predicted molar refractivity (Wildman–Crippen MR) is 86.7 cm³/mol.